The molecule has 1 aliphatic rings. The highest BCUT2D eigenvalue weighted by Gasteiger charge is 2.18. The summed E-state index contributed by atoms with van der Waals surface area (Å²) in [7, 11) is 0. The zero-order valence-corrected chi connectivity index (χ0v) is 11.4. The van der Waals surface area contributed by atoms with Crippen LogP contribution in [0.15, 0.2) is 30.3 Å². The van der Waals surface area contributed by atoms with Gasteiger partial charge in [-0.1, -0.05) is 18.2 Å². The minimum atomic E-state index is -0.0966. The van der Waals surface area contributed by atoms with Gasteiger partial charge in [-0.3, -0.25) is 9.59 Å². The molecule has 1 fully saturated rings. The SMILES string of the molecule is O=C(C[C@H]1CCOC1)NCCC(=O)Nc1ccccc1. The third-order valence-electron chi connectivity index (χ3n) is 3.23. The summed E-state index contributed by atoms with van der Waals surface area (Å²) >= 11 is 0. The molecule has 2 rings (SSSR count). The number of rotatable bonds is 6. The number of hydrogen-bond acceptors (Lipinski definition) is 3. The van der Waals surface area contributed by atoms with Crippen LogP contribution in [0.5, 0.6) is 0 Å². The van der Waals surface area contributed by atoms with Crippen molar-refractivity contribution < 1.29 is 14.3 Å². The number of carbonyl (C=O) groups excluding carboxylic acids is 2. The van der Waals surface area contributed by atoms with E-state index in [0.717, 1.165) is 18.7 Å². The summed E-state index contributed by atoms with van der Waals surface area (Å²) < 4.78 is 5.22. The Balaban J connectivity index is 1.60. The summed E-state index contributed by atoms with van der Waals surface area (Å²) in [4.78, 5) is 23.3. The highest BCUT2D eigenvalue weighted by molar-refractivity contribution is 5.91. The van der Waals surface area contributed by atoms with Gasteiger partial charge in [-0.15, -0.1) is 0 Å². The molecule has 0 unspecified atom stereocenters. The van der Waals surface area contributed by atoms with Crippen LogP contribution >= 0.6 is 0 Å². The number of benzene rings is 1. The quantitative estimate of drug-likeness (QED) is 0.828. The molecule has 1 saturated heterocycles. The van der Waals surface area contributed by atoms with Gasteiger partial charge in [0.15, 0.2) is 0 Å². The van der Waals surface area contributed by atoms with Gasteiger partial charge < -0.3 is 15.4 Å². The van der Waals surface area contributed by atoms with Gasteiger partial charge in [0.25, 0.3) is 0 Å². The Kier molecular flexibility index (Phi) is 5.55. The van der Waals surface area contributed by atoms with E-state index in [2.05, 4.69) is 10.6 Å². The zero-order valence-electron chi connectivity index (χ0n) is 11.4. The molecule has 1 atom stereocenters. The third kappa shape index (κ3) is 5.01. The number of anilines is 1. The molecule has 0 spiro atoms. The molecule has 1 aromatic rings. The van der Waals surface area contributed by atoms with E-state index in [1.54, 1.807) is 0 Å². The lowest BCUT2D eigenvalue weighted by molar-refractivity contribution is -0.122. The molecular weight excluding hydrogens is 256 g/mol. The van der Waals surface area contributed by atoms with Gasteiger partial charge in [0.2, 0.25) is 11.8 Å². The van der Waals surface area contributed by atoms with Gasteiger partial charge in [0.05, 0.1) is 0 Å². The largest absolute Gasteiger partial charge is 0.381 e. The van der Waals surface area contributed by atoms with Crippen molar-refractivity contribution >= 4 is 17.5 Å². The number of amides is 2. The standard InChI is InChI=1S/C15H20N2O3/c18-14(17-13-4-2-1-3-5-13)6-8-16-15(19)10-12-7-9-20-11-12/h1-5,12H,6-11H2,(H,16,19)(H,17,18)/t12-/m1/s1. The van der Waals surface area contributed by atoms with Crippen molar-refractivity contribution in [3.8, 4) is 0 Å². The highest BCUT2D eigenvalue weighted by Crippen LogP contribution is 2.15. The molecule has 1 aliphatic heterocycles. The van der Waals surface area contributed by atoms with E-state index in [4.69, 9.17) is 4.74 Å². The van der Waals surface area contributed by atoms with Gasteiger partial charge in [0.1, 0.15) is 0 Å². The lowest BCUT2D eigenvalue weighted by atomic mass is 10.1. The predicted molar refractivity (Wildman–Crippen MR) is 76.2 cm³/mol. The second kappa shape index (κ2) is 7.65. The maximum atomic E-state index is 11.7. The van der Waals surface area contributed by atoms with Gasteiger partial charge in [-0.2, -0.15) is 0 Å². The van der Waals surface area contributed by atoms with Crippen LogP contribution in [-0.4, -0.2) is 31.6 Å². The van der Waals surface area contributed by atoms with Crippen molar-refractivity contribution in [2.45, 2.75) is 19.3 Å². The first kappa shape index (κ1) is 14.5. The summed E-state index contributed by atoms with van der Waals surface area (Å²) in [6.07, 6.45) is 1.71. The van der Waals surface area contributed by atoms with E-state index < -0.39 is 0 Å². The predicted octanol–water partition coefficient (Wildman–Crippen LogP) is 1.56. The topological polar surface area (TPSA) is 67.4 Å². The molecule has 0 saturated carbocycles. The van der Waals surface area contributed by atoms with Gasteiger partial charge in [-0.25, -0.2) is 0 Å². The normalized spacial score (nSPS) is 17.7. The summed E-state index contributed by atoms with van der Waals surface area (Å²) in [5, 5.41) is 5.55. The maximum Gasteiger partial charge on any atom is 0.226 e. The molecule has 0 aromatic heterocycles. The molecule has 2 N–H and O–H groups in total. The van der Waals surface area contributed by atoms with E-state index in [-0.39, 0.29) is 18.2 Å². The Morgan fingerprint density at radius 2 is 2.00 bits per heavy atom. The van der Waals surface area contributed by atoms with E-state index in [1.807, 2.05) is 30.3 Å². The molecule has 108 valence electrons. The van der Waals surface area contributed by atoms with Crippen LogP contribution in [0.3, 0.4) is 0 Å². The Bertz CT molecular complexity index is 442. The monoisotopic (exact) mass is 276 g/mol. The van der Waals surface area contributed by atoms with Crippen LogP contribution in [0.1, 0.15) is 19.3 Å². The number of para-hydroxylation sites is 1. The van der Waals surface area contributed by atoms with Crippen LogP contribution in [0, 0.1) is 5.92 Å². The van der Waals surface area contributed by atoms with Gasteiger partial charge >= 0.3 is 0 Å². The highest BCUT2D eigenvalue weighted by atomic mass is 16.5. The Labute approximate surface area is 118 Å². The average molecular weight is 276 g/mol. The van der Waals surface area contributed by atoms with E-state index in [9.17, 15) is 9.59 Å². The van der Waals surface area contributed by atoms with Gasteiger partial charge in [0, 0.05) is 38.3 Å². The second-order valence-corrected chi connectivity index (χ2v) is 4.95. The van der Waals surface area contributed by atoms with Crippen LogP contribution in [0.4, 0.5) is 5.69 Å². The minimum absolute atomic E-state index is 0.00647. The molecule has 2 amide bonds. The molecule has 0 bridgehead atoms. The fraction of sp³-hybridized carbons (Fsp3) is 0.467. The van der Waals surface area contributed by atoms with Crippen LogP contribution in [-0.2, 0) is 14.3 Å². The van der Waals surface area contributed by atoms with Gasteiger partial charge in [-0.05, 0) is 24.5 Å². The molecule has 5 nitrogen and oxygen atoms in total. The molecule has 20 heavy (non-hydrogen) atoms. The Morgan fingerprint density at radius 3 is 2.70 bits per heavy atom. The summed E-state index contributed by atoms with van der Waals surface area (Å²) in [6, 6.07) is 9.28. The number of carbonyl (C=O) groups is 2. The Morgan fingerprint density at radius 1 is 1.20 bits per heavy atom. The maximum absolute atomic E-state index is 11.7. The fourth-order valence-electron chi connectivity index (χ4n) is 2.14. The Hall–Kier alpha value is -1.88. The smallest absolute Gasteiger partial charge is 0.226 e. The summed E-state index contributed by atoms with van der Waals surface area (Å²) in [5.41, 5.74) is 0.770. The number of nitrogens with one attached hydrogen (secondary N) is 2. The zero-order chi connectivity index (χ0) is 14.2. The fourth-order valence-corrected chi connectivity index (χ4v) is 2.14. The second-order valence-electron chi connectivity index (χ2n) is 4.95. The molecule has 0 radical (unpaired) electrons. The minimum Gasteiger partial charge on any atom is -0.381 e. The number of hydrogen-bond donors (Lipinski definition) is 2. The van der Waals surface area contributed by atoms with Crippen molar-refractivity contribution in [2.24, 2.45) is 5.92 Å². The third-order valence-corrected chi connectivity index (χ3v) is 3.23. The first-order valence-electron chi connectivity index (χ1n) is 6.93. The van der Waals surface area contributed by atoms with Crippen molar-refractivity contribution in [1.82, 2.24) is 5.32 Å². The molecule has 1 aromatic carbocycles. The summed E-state index contributed by atoms with van der Waals surface area (Å²) in [6.45, 7) is 1.78. The molecule has 5 heteroatoms. The lowest BCUT2D eigenvalue weighted by Gasteiger charge is -2.09. The molecular formula is C15H20N2O3. The van der Waals surface area contributed by atoms with Crippen molar-refractivity contribution in [1.29, 1.82) is 0 Å². The van der Waals surface area contributed by atoms with Crippen molar-refractivity contribution in [3.63, 3.8) is 0 Å². The van der Waals surface area contributed by atoms with E-state index in [1.165, 1.54) is 0 Å². The van der Waals surface area contributed by atoms with E-state index in [0.29, 0.717) is 25.5 Å². The average Bonchev–Trinajstić information content (AvgIpc) is 2.92. The molecule has 0 aliphatic carbocycles. The van der Waals surface area contributed by atoms with Crippen LogP contribution in [0.2, 0.25) is 0 Å². The van der Waals surface area contributed by atoms with Crippen LogP contribution < -0.4 is 10.6 Å². The van der Waals surface area contributed by atoms with E-state index >= 15 is 0 Å². The van der Waals surface area contributed by atoms with Crippen molar-refractivity contribution in [2.75, 3.05) is 25.1 Å². The lowest BCUT2D eigenvalue weighted by Crippen LogP contribution is -2.29. The number of ether oxygens (including phenoxy) is 1. The summed E-state index contributed by atoms with van der Waals surface area (Å²) in [5.74, 6) is 0.224. The van der Waals surface area contributed by atoms with Crippen molar-refractivity contribution in [3.05, 3.63) is 30.3 Å². The molecule has 1 heterocycles. The first-order chi connectivity index (χ1) is 9.74. The first-order valence-corrected chi connectivity index (χ1v) is 6.93. The van der Waals surface area contributed by atoms with Crippen LogP contribution in [0.25, 0.3) is 0 Å².